The largest absolute Gasteiger partial charge is 0.328 e. The van der Waals surface area contributed by atoms with Crippen molar-refractivity contribution in [3.8, 4) is 0 Å². The standard InChI is InChI=1S/C14H25N3/c1-3-17(11-5-4-6-13(2)15)12-14-7-9-16-10-8-14/h7-10,13H,3-6,11-12,15H2,1-2H3. The summed E-state index contributed by atoms with van der Waals surface area (Å²) in [4.78, 5) is 6.51. The maximum atomic E-state index is 5.74. The number of unbranched alkanes of at least 4 members (excludes halogenated alkanes) is 1. The lowest BCUT2D eigenvalue weighted by molar-refractivity contribution is 0.272. The van der Waals surface area contributed by atoms with E-state index in [1.165, 1.54) is 18.4 Å². The molecule has 0 fully saturated rings. The van der Waals surface area contributed by atoms with E-state index in [0.717, 1.165) is 26.1 Å². The normalized spacial score (nSPS) is 12.9. The Morgan fingerprint density at radius 3 is 2.59 bits per heavy atom. The predicted octanol–water partition coefficient (Wildman–Crippen LogP) is 2.42. The summed E-state index contributed by atoms with van der Waals surface area (Å²) in [6, 6.07) is 4.51. The molecule has 3 nitrogen and oxygen atoms in total. The molecule has 0 saturated carbocycles. The zero-order valence-corrected chi connectivity index (χ0v) is 11.1. The van der Waals surface area contributed by atoms with Gasteiger partial charge in [0.2, 0.25) is 0 Å². The molecule has 2 N–H and O–H groups in total. The second-order valence-electron chi connectivity index (χ2n) is 4.70. The minimum atomic E-state index is 0.338. The Morgan fingerprint density at radius 2 is 2.00 bits per heavy atom. The van der Waals surface area contributed by atoms with Gasteiger partial charge < -0.3 is 5.73 Å². The van der Waals surface area contributed by atoms with Crippen molar-refractivity contribution in [3.63, 3.8) is 0 Å². The number of hydrogen-bond donors (Lipinski definition) is 1. The van der Waals surface area contributed by atoms with Crippen LogP contribution >= 0.6 is 0 Å². The summed E-state index contributed by atoms with van der Waals surface area (Å²) in [5.74, 6) is 0. The van der Waals surface area contributed by atoms with Crippen molar-refractivity contribution in [2.75, 3.05) is 13.1 Å². The maximum Gasteiger partial charge on any atom is 0.0271 e. The van der Waals surface area contributed by atoms with Crippen LogP contribution in [0.25, 0.3) is 0 Å². The lowest BCUT2D eigenvalue weighted by Crippen LogP contribution is -2.24. The Bertz CT molecular complexity index is 285. The Morgan fingerprint density at radius 1 is 1.29 bits per heavy atom. The van der Waals surface area contributed by atoms with Gasteiger partial charge in [-0.05, 0) is 50.6 Å². The van der Waals surface area contributed by atoms with E-state index in [9.17, 15) is 0 Å². The van der Waals surface area contributed by atoms with Crippen LogP contribution < -0.4 is 5.73 Å². The van der Waals surface area contributed by atoms with Gasteiger partial charge in [0.05, 0.1) is 0 Å². The summed E-state index contributed by atoms with van der Waals surface area (Å²) >= 11 is 0. The van der Waals surface area contributed by atoms with Crippen LogP contribution in [0, 0.1) is 0 Å². The lowest BCUT2D eigenvalue weighted by Gasteiger charge is -2.20. The van der Waals surface area contributed by atoms with Crippen LogP contribution in [0.1, 0.15) is 38.7 Å². The van der Waals surface area contributed by atoms with Crippen LogP contribution in [0.5, 0.6) is 0 Å². The second kappa shape index (κ2) is 8.20. The Labute approximate surface area is 105 Å². The van der Waals surface area contributed by atoms with Crippen LogP contribution in [-0.2, 0) is 6.54 Å². The van der Waals surface area contributed by atoms with E-state index >= 15 is 0 Å². The molecule has 0 saturated heterocycles. The van der Waals surface area contributed by atoms with E-state index < -0.39 is 0 Å². The van der Waals surface area contributed by atoms with Crippen molar-refractivity contribution in [3.05, 3.63) is 30.1 Å². The van der Waals surface area contributed by atoms with Gasteiger partial charge in [0.25, 0.3) is 0 Å². The number of rotatable bonds is 8. The number of nitrogens with two attached hydrogens (primary N) is 1. The molecule has 0 amide bonds. The molecule has 1 heterocycles. The first-order valence-corrected chi connectivity index (χ1v) is 6.59. The molecule has 1 unspecified atom stereocenters. The van der Waals surface area contributed by atoms with Gasteiger partial charge in [0.15, 0.2) is 0 Å². The summed E-state index contributed by atoms with van der Waals surface area (Å²) in [6.45, 7) is 7.57. The van der Waals surface area contributed by atoms with Crippen LogP contribution in [0.4, 0.5) is 0 Å². The van der Waals surface area contributed by atoms with Crippen molar-refractivity contribution < 1.29 is 0 Å². The minimum absolute atomic E-state index is 0.338. The van der Waals surface area contributed by atoms with E-state index in [2.05, 4.69) is 35.9 Å². The monoisotopic (exact) mass is 235 g/mol. The average molecular weight is 235 g/mol. The van der Waals surface area contributed by atoms with Crippen LogP contribution in [0.15, 0.2) is 24.5 Å². The lowest BCUT2D eigenvalue weighted by atomic mass is 10.1. The number of nitrogens with zero attached hydrogens (tertiary/aromatic N) is 2. The predicted molar refractivity (Wildman–Crippen MR) is 72.7 cm³/mol. The fraction of sp³-hybridized carbons (Fsp3) is 0.643. The highest BCUT2D eigenvalue weighted by Gasteiger charge is 2.03. The second-order valence-corrected chi connectivity index (χ2v) is 4.70. The Hall–Kier alpha value is -0.930. The van der Waals surface area contributed by atoms with Crippen molar-refractivity contribution in [1.82, 2.24) is 9.88 Å². The molecule has 0 aliphatic carbocycles. The molecule has 0 aliphatic rings. The third-order valence-electron chi connectivity index (χ3n) is 2.99. The van der Waals surface area contributed by atoms with Gasteiger partial charge in [-0.25, -0.2) is 0 Å². The van der Waals surface area contributed by atoms with E-state index in [1.54, 1.807) is 0 Å². The highest BCUT2D eigenvalue weighted by molar-refractivity contribution is 5.09. The molecular weight excluding hydrogens is 210 g/mol. The summed E-state index contributed by atoms with van der Waals surface area (Å²) in [6.07, 6.45) is 7.32. The number of pyridine rings is 1. The van der Waals surface area contributed by atoms with E-state index in [4.69, 9.17) is 5.73 Å². The van der Waals surface area contributed by atoms with Crippen molar-refractivity contribution in [2.45, 2.75) is 45.7 Å². The molecule has 1 rings (SSSR count). The molecule has 3 heteroatoms. The van der Waals surface area contributed by atoms with Gasteiger partial charge >= 0.3 is 0 Å². The number of aromatic nitrogens is 1. The quantitative estimate of drug-likeness (QED) is 0.704. The van der Waals surface area contributed by atoms with Gasteiger partial charge in [0, 0.05) is 25.0 Å². The van der Waals surface area contributed by atoms with Gasteiger partial charge in [-0.15, -0.1) is 0 Å². The molecule has 1 aromatic rings. The maximum absolute atomic E-state index is 5.74. The fourth-order valence-electron chi connectivity index (χ4n) is 1.90. The fourth-order valence-corrected chi connectivity index (χ4v) is 1.90. The van der Waals surface area contributed by atoms with Gasteiger partial charge in [-0.1, -0.05) is 13.3 Å². The molecule has 0 aliphatic heterocycles. The molecule has 17 heavy (non-hydrogen) atoms. The molecule has 1 atom stereocenters. The summed E-state index contributed by atoms with van der Waals surface area (Å²) in [5.41, 5.74) is 7.09. The van der Waals surface area contributed by atoms with E-state index in [0.29, 0.717) is 6.04 Å². The summed E-state index contributed by atoms with van der Waals surface area (Å²) in [5, 5.41) is 0. The first-order chi connectivity index (χ1) is 8.22. The number of hydrogen-bond acceptors (Lipinski definition) is 3. The van der Waals surface area contributed by atoms with Crippen molar-refractivity contribution in [1.29, 1.82) is 0 Å². The molecule has 0 spiro atoms. The zero-order chi connectivity index (χ0) is 12.5. The van der Waals surface area contributed by atoms with Gasteiger partial charge in [0.1, 0.15) is 0 Å². The average Bonchev–Trinajstić information content (AvgIpc) is 2.34. The van der Waals surface area contributed by atoms with E-state index in [1.807, 2.05) is 12.4 Å². The van der Waals surface area contributed by atoms with Crippen LogP contribution in [0.3, 0.4) is 0 Å². The highest BCUT2D eigenvalue weighted by Crippen LogP contribution is 2.06. The third kappa shape index (κ3) is 6.39. The highest BCUT2D eigenvalue weighted by atomic mass is 15.1. The third-order valence-corrected chi connectivity index (χ3v) is 2.99. The summed E-state index contributed by atoms with van der Waals surface area (Å²) < 4.78 is 0. The molecular formula is C14H25N3. The molecule has 96 valence electrons. The van der Waals surface area contributed by atoms with Gasteiger partial charge in [-0.2, -0.15) is 0 Å². The van der Waals surface area contributed by atoms with Crippen molar-refractivity contribution >= 4 is 0 Å². The Balaban J connectivity index is 2.24. The summed E-state index contributed by atoms with van der Waals surface area (Å²) in [7, 11) is 0. The minimum Gasteiger partial charge on any atom is -0.328 e. The molecule has 0 radical (unpaired) electrons. The first-order valence-electron chi connectivity index (χ1n) is 6.59. The van der Waals surface area contributed by atoms with E-state index in [-0.39, 0.29) is 0 Å². The van der Waals surface area contributed by atoms with Crippen molar-refractivity contribution in [2.24, 2.45) is 5.73 Å². The topological polar surface area (TPSA) is 42.1 Å². The molecule has 0 bridgehead atoms. The first kappa shape index (κ1) is 14.1. The smallest absolute Gasteiger partial charge is 0.0271 e. The van der Waals surface area contributed by atoms with Gasteiger partial charge in [-0.3, -0.25) is 9.88 Å². The Kier molecular flexibility index (Phi) is 6.82. The van der Waals surface area contributed by atoms with Crippen LogP contribution in [-0.4, -0.2) is 29.0 Å². The molecule has 0 aromatic carbocycles. The SMILES string of the molecule is CCN(CCCCC(C)N)Cc1ccncc1. The zero-order valence-electron chi connectivity index (χ0n) is 11.1. The van der Waals surface area contributed by atoms with Crippen LogP contribution in [0.2, 0.25) is 0 Å². The molecule has 1 aromatic heterocycles.